The van der Waals surface area contributed by atoms with Crippen LogP contribution < -0.4 is 10.6 Å². The third kappa shape index (κ3) is 3.72. The molecule has 1 atom stereocenters. The van der Waals surface area contributed by atoms with Crippen LogP contribution in [0.2, 0.25) is 0 Å². The number of rotatable bonds is 4. The van der Waals surface area contributed by atoms with Crippen LogP contribution in [0.4, 0.5) is 0 Å². The molecule has 2 saturated heterocycles. The molecule has 0 radical (unpaired) electrons. The Balaban J connectivity index is 1.43. The molecule has 1 aromatic heterocycles. The van der Waals surface area contributed by atoms with Crippen LogP contribution in [0.25, 0.3) is 0 Å². The van der Waals surface area contributed by atoms with Crippen molar-refractivity contribution in [3.05, 3.63) is 11.7 Å². The third-order valence-electron chi connectivity index (χ3n) is 4.45. The highest BCUT2D eigenvalue weighted by Gasteiger charge is 2.34. The van der Waals surface area contributed by atoms with Gasteiger partial charge in [-0.05, 0) is 26.2 Å². The molecule has 2 fully saturated rings. The van der Waals surface area contributed by atoms with Gasteiger partial charge in [-0.15, -0.1) is 0 Å². The zero-order chi connectivity index (χ0) is 17.1. The van der Waals surface area contributed by atoms with E-state index in [0.717, 1.165) is 0 Å². The Bertz CT molecular complexity index is 636. The van der Waals surface area contributed by atoms with Gasteiger partial charge in [-0.3, -0.25) is 14.4 Å². The molecule has 0 spiro atoms. The molecule has 3 amide bonds. The van der Waals surface area contributed by atoms with E-state index >= 15 is 0 Å². The average molecular weight is 335 g/mol. The van der Waals surface area contributed by atoms with Gasteiger partial charge in [-0.1, -0.05) is 5.16 Å². The summed E-state index contributed by atoms with van der Waals surface area (Å²) in [6.07, 6.45) is 2.19. The number of aromatic nitrogens is 2. The minimum Gasteiger partial charge on any atom is -0.347 e. The van der Waals surface area contributed by atoms with E-state index in [1.165, 1.54) is 0 Å². The summed E-state index contributed by atoms with van der Waals surface area (Å²) >= 11 is 0. The summed E-state index contributed by atoms with van der Waals surface area (Å²) in [5, 5.41) is 9.15. The van der Waals surface area contributed by atoms with Crippen LogP contribution in [0.15, 0.2) is 4.52 Å². The van der Waals surface area contributed by atoms with Crippen molar-refractivity contribution >= 4 is 17.7 Å². The maximum Gasteiger partial charge on any atom is 0.246 e. The Labute approximate surface area is 139 Å². The normalized spacial score (nSPS) is 21.6. The lowest BCUT2D eigenvalue weighted by molar-refractivity contribution is -0.137. The van der Waals surface area contributed by atoms with Crippen molar-refractivity contribution in [2.75, 3.05) is 13.1 Å². The molecule has 130 valence electrons. The predicted molar refractivity (Wildman–Crippen MR) is 81.4 cm³/mol. The summed E-state index contributed by atoms with van der Waals surface area (Å²) in [5.74, 6) is 0.610. The van der Waals surface area contributed by atoms with Crippen LogP contribution in [0.5, 0.6) is 0 Å². The lowest BCUT2D eigenvalue weighted by Crippen LogP contribution is -2.49. The number of nitrogens with one attached hydrogen (secondary N) is 2. The van der Waals surface area contributed by atoms with E-state index in [1.54, 1.807) is 11.8 Å². The van der Waals surface area contributed by atoms with E-state index in [0.29, 0.717) is 50.5 Å². The molecule has 0 aliphatic carbocycles. The van der Waals surface area contributed by atoms with Gasteiger partial charge in [-0.2, -0.15) is 4.98 Å². The van der Waals surface area contributed by atoms with Crippen molar-refractivity contribution in [2.24, 2.45) is 5.92 Å². The van der Waals surface area contributed by atoms with Gasteiger partial charge in [0.15, 0.2) is 5.82 Å². The average Bonchev–Trinajstić information content (AvgIpc) is 3.20. The summed E-state index contributed by atoms with van der Waals surface area (Å²) in [7, 11) is 0. The molecular weight excluding hydrogens is 314 g/mol. The standard InChI is InChI=1S/C15H21N5O4/c1-9-17-13(24-19-9)8-16-14(22)10-4-6-20(7-5-10)15(23)11-2-3-12(21)18-11/h10-11H,2-8H2,1H3,(H,16,22)(H,18,21). The lowest BCUT2D eigenvalue weighted by Gasteiger charge is -2.32. The number of piperidine rings is 1. The number of carbonyl (C=O) groups is 3. The van der Waals surface area contributed by atoms with E-state index < -0.39 is 6.04 Å². The zero-order valence-corrected chi connectivity index (χ0v) is 13.6. The van der Waals surface area contributed by atoms with Crippen molar-refractivity contribution in [3.8, 4) is 0 Å². The molecular formula is C15H21N5O4. The monoisotopic (exact) mass is 335 g/mol. The van der Waals surface area contributed by atoms with Crippen LogP contribution in [-0.2, 0) is 20.9 Å². The van der Waals surface area contributed by atoms with Gasteiger partial charge in [0, 0.05) is 25.4 Å². The van der Waals surface area contributed by atoms with E-state index in [-0.39, 0.29) is 30.2 Å². The Morgan fingerprint density at radius 2 is 2.08 bits per heavy atom. The number of aryl methyl sites for hydroxylation is 1. The topological polar surface area (TPSA) is 117 Å². The molecule has 9 heteroatoms. The van der Waals surface area contributed by atoms with Crippen molar-refractivity contribution in [1.29, 1.82) is 0 Å². The molecule has 1 aromatic rings. The molecule has 3 heterocycles. The fourth-order valence-corrected chi connectivity index (χ4v) is 3.10. The second-order valence-corrected chi connectivity index (χ2v) is 6.21. The summed E-state index contributed by atoms with van der Waals surface area (Å²) in [6, 6.07) is -0.399. The highest BCUT2D eigenvalue weighted by Crippen LogP contribution is 2.20. The predicted octanol–water partition coefficient (Wildman–Crippen LogP) is -0.489. The van der Waals surface area contributed by atoms with E-state index in [4.69, 9.17) is 4.52 Å². The summed E-state index contributed by atoms with van der Waals surface area (Å²) in [5.41, 5.74) is 0. The molecule has 2 aliphatic heterocycles. The number of amides is 3. The molecule has 0 bridgehead atoms. The maximum atomic E-state index is 12.3. The largest absolute Gasteiger partial charge is 0.347 e. The van der Waals surface area contributed by atoms with Crippen LogP contribution in [0, 0.1) is 12.8 Å². The number of hydrogen-bond donors (Lipinski definition) is 2. The fraction of sp³-hybridized carbons (Fsp3) is 0.667. The smallest absolute Gasteiger partial charge is 0.246 e. The highest BCUT2D eigenvalue weighted by atomic mass is 16.5. The van der Waals surface area contributed by atoms with Gasteiger partial charge in [-0.25, -0.2) is 0 Å². The first-order chi connectivity index (χ1) is 11.5. The van der Waals surface area contributed by atoms with Gasteiger partial charge in [0.2, 0.25) is 23.6 Å². The molecule has 1 unspecified atom stereocenters. The molecule has 24 heavy (non-hydrogen) atoms. The van der Waals surface area contributed by atoms with Crippen molar-refractivity contribution in [2.45, 2.75) is 45.2 Å². The van der Waals surface area contributed by atoms with Gasteiger partial charge in [0.1, 0.15) is 6.04 Å². The second kappa shape index (κ2) is 6.98. The number of hydrogen-bond acceptors (Lipinski definition) is 6. The summed E-state index contributed by atoms with van der Waals surface area (Å²) < 4.78 is 4.95. The molecule has 2 aliphatic rings. The Hall–Kier alpha value is -2.45. The van der Waals surface area contributed by atoms with Crippen LogP contribution >= 0.6 is 0 Å². The van der Waals surface area contributed by atoms with Crippen molar-refractivity contribution in [3.63, 3.8) is 0 Å². The first kappa shape index (κ1) is 16.4. The molecule has 0 saturated carbocycles. The summed E-state index contributed by atoms with van der Waals surface area (Å²) in [6.45, 7) is 2.99. The first-order valence-electron chi connectivity index (χ1n) is 8.18. The zero-order valence-electron chi connectivity index (χ0n) is 13.6. The number of carbonyl (C=O) groups excluding carboxylic acids is 3. The Kier molecular flexibility index (Phi) is 4.77. The molecule has 2 N–H and O–H groups in total. The summed E-state index contributed by atoms with van der Waals surface area (Å²) in [4.78, 5) is 41.5. The van der Waals surface area contributed by atoms with E-state index in [9.17, 15) is 14.4 Å². The van der Waals surface area contributed by atoms with Crippen molar-refractivity contribution < 1.29 is 18.9 Å². The molecule has 9 nitrogen and oxygen atoms in total. The van der Waals surface area contributed by atoms with Crippen molar-refractivity contribution in [1.82, 2.24) is 25.7 Å². The van der Waals surface area contributed by atoms with Gasteiger partial charge in [0.05, 0.1) is 6.54 Å². The minimum atomic E-state index is -0.399. The quantitative estimate of drug-likeness (QED) is 0.767. The second-order valence-electron chi connectivity index (χ2n) is 6.21. The van der Waals surface area contributed by atoms with E-state index in [1.807, 2.05) is 0 Å². The lowest BCUT2D eigenvalue weighted by atomic mass is 9.95. The van der Waals surface area contributed by atoms with Crippen LogP contribution in [0.1, 0.15) is 37.4 Å². The highest BCUT2D eigenvalue weighted by molar-refractivity contribution is 5.91. The Morgan fingerprint density at radius 3 is 2.67 bits per heavy atom. The van der Waals surface area contributed by atoms with Crippen LogP contribution in [0.3, 0.4) is 0 Å². The third-order valence-corrected chi connectivity index (χ3v) is 4.45. The SMILES string of the molecule is Cc1noc(CNC(=O)C2CCN(C(=O)C3CCC(=O)N3)CC2)n1. The fourth-order valence-electron chi connectivity index (χ4n) is 3.10. The van der Waals surface area contributed by atoms with Gasteiger partial charge < -0.3 is 20.1 Å². The number of likely N-dealkylation sites (tertiary alicyclic amines) is 1. The Morgan fingerprint density at radius 1 is 1.33 bits per heavy atom. The number of nitrogens with zero attached hydrogens (tertiary/aromatic N) is 3. The van der Waals surface area contributed by atoms with Gasteiger partial charge >= 0.3 is 0 Å². The van der Waals surface area contributed by atoms with Gasteiger partial charge in [0.25, 0.3) is 0 Å². The maximum absolute atomic E-state index is 12.3. The molecule has 3 rings (SSSR count). The van der Waals surface area contributed by atoms with Crippen LogP contribution in [-0.4, -0.2) is 51.9 Å². The first-order valence-corrected chi connectivity index (χ1v) is 8.18. The minimum absolute atomic E-state index is 0.0407. The molecule has 0 aromatic carbocycles. The van der Waals surface area contributed by atoms with E-state index in [2.05, 4.69) is 20.8 Å².